The maximum atomic E-state index is 4.49. The minimum atomic E-state index is 0.484. The first-order valence-corrected chi connectivity index (χ1v) is 5.29. The minimum absolute atomic E-state index is 0.484. The molecule has 1 aromatic heterocycles. The van der Waals surface area contributed by atoms with E-state index in [-0.39, 0.29) is 0 Å². The average Bonchev–Trinajstić information content (AvgIpc) is 2.59. The van der Waals surface area contributed by atoms with Gasteiger partial charge in [-0.25, -0.2) is 0 Å². The SMILES string of the molecule is CNC(C)Cc1cccc2cn(C)nc12. The summed E-state index contributed by atoms with van der Waals surface area (Å²) in [6, 6.07) is 6.85. The highest BCUT2D eigenvalue weighted by atomic mass is 15.2. The summed E-state index contributed by atoms with van der Waals surface area (Å²) < 4.78 is 1.87. The van der Waals surface area contributed by atoms with Gasteiger partial charge >= 0.3 is 0 Å². The van der Waals surface area contributed by atoms with Gasteiger partial charge in [-0.3, -0.25) is 4.68 Å². The van der Waals surface area contributed by atoms with Crippen molar-refractivity contribution in [1.29, 1.82) is 0 Å². The van der Waals surface area contributed by atoms with Gasteiger partial charge in [-0.05, 0) is 26.0 Å². The summed E-state index contributed by atoms with van der Waals surface area (Å²) in [6.07, 6.45) is 3.08. The molecule has 1 unspecified atom stereocenters. The smallest absolute Gasteiger partial charge is 0.0955 e. The molecule has 0 fully saturated rings. The molecule has 1 atom stereocenters. The summed E-state index contributed by atoms with van der Waals surface area (Å²) in [4.78, 5) is 0. The van der Waals surface area contributed by atoms with Gasteiger partial charge in [0, 0.05) is 24.7 Å². The van der Waals surface area contributed by atoms with Gasteiger partial charge in [0.15, 0.2) is 0 Å². The molecular formula is C12H17N3. The number of nitrogens with one attached hydrogen (secondary N) is 1. The fourth-order valence-corrected chi connectivity index (χ4v) is 1.82. The number of likely N-dealkylation sites (N-methyl/N-ethyl adjacent to an activating group) is 1. The van der Waals surface area contributed by atoms with E-state index < -0.39 is 0 Å². The molecule has 0 spiro atoms. The van der Waals surface area contributed by atoms with Gasteiger partial charge in [0.2, 0.25) is 0 Å². The molecule has 0 aliphatic rings. The first-order chi connectivity index (χ1) is 7.20. The number of fused-ring (bicyclic) bond motifs is 1. The van der Waals surface area contributed by atoms with Crippen LogP contribution in [0.4, 0.5) is 0 Å². The average molecular weight is 203 g/mol. The summed E-state index contributed by atoms with van der Waals surface area (Å²) in [5.41, 5.74) is 2.44. The molecule has 2 rings (SSSR count). The first kappa shape index (κ1) is 10.2. The Kier molecular flexibility index (Phi) is 2.73. The molecule has 3 heteroatoms. The molecule has 1 aromatic carbocycles. The normalized spacial score (nSPS) is 13.3. The number of aryl methyl sites for hydroxylation is 1. The molecule has 1 N–H and O–H groups in total. The molecule has 80 valence electrons. The van der Waals surface area contributed by atoms with Crippen LogP contribution in [0.1, 0.15) is 12.5 Å². The Balaban J connectivity index is 2.41. The summed E-state index contributed by atoms with van der Waals surface area (Å²) in [5, 5.41) is 8.96. The van der Waals surface area contributed by atoms with Crippen molar-refractivity contribution in [2.24, 2.45) is 7.05 Å². The molecule has 0 amide bonds. The van der Waals surface area contributed by atoms with Gasteiger partial charge in [0.05, 0.1) is 5.52 Å². The molecule has 0 saturated carbocycles. The highest BCUT2D eigenvalue weighted by Crippen LogP contribution is 2.17. The second kappa shape index (κ2) is 4.03. The van der Waals surface area contributed by atoms with E-state index in [4.69, 9.17) is 0 Å². The zero-order valence-corrected chi connectivity index (χ0v) is 9.49. The summed E-state index contributed by atoms with van der Waals surface area (Å²) in [7, 11) is 3.95. The van der Waals surface area contributed by atoms with Gasteiger partial charge in [-0.1, -0.05) is 18.2 Å². The predicted molar refractivity (Wildman–Crippen MR) is 62.9 cm³/mol. The van der Waals surface area contributed by atoms with Crippen LogP contribution in [0.25, 0.3) is 10.9 Å². The van der Waals surface area contributed by atoms with Crippen LogP contribution in [0, 0.1) is 0 Å². The summed E-state index contributed by atoms with van der Waals surface area (Å²) in [6.45, 7) is 2.18. The largest absolute Gasteiger partial charge is 0.317 e. The predicted octanol–water partition coefficient (Wildman–Crippen LogP) is 1.72. The number of hydrogen-bond acceptors (Lipinski definition) is 2. The van der Waals surface area contributed by atoms with Gasteiger partial charge in [0.1, 0.15) is 0 Å². The van der Waals surface area contributed by atoms with E-state index in [2.05, 4.69) is 41.7 Å². The van der Waals surface area contributed by atoms with Gasteiger partial charge in [-0.2, -0.15) is 5.10 Å². The maximum Gasteiger partial charge on any atom is 0.0955 e. The van der Waals surface area contributed by atoms with Crippen molar-refractivity contribution < 1.29 is 0 Å². The molecule has 0 saturated heterocycles. The highest BCUT2D eigenvalue weighted by Gasteiger charge is 2.07. The number of hydrogen-bond donors (Lipinski definition) is 1. The Hall–Kier alpha value is -1.35. The summed E-state index contributed by atoms with van der Waals surface area (Å²) >= 11 is 0. The van der Waals surface area contributed by atoms with Gasteiger partial charge in [-0.15, -0.1) is 0 Å². The molecule has 2 aromatic rings. The second-order valence-corrected chi connectivity index (χ2v) is 4.05. The van der Waals surface area contributed by atoms with Crippen molar-refractivity contribution in [2.75, 3.05) is 7.05 Å². The van der Waals surface area contributed by atoms with Crippen LogP contribution in [0.15, 0.2) is 24.4 Å². The first-order valence-electron chi connectivity index (χ1n) is 5.29. The van der Waals surface area contributed by atoms with Crippen molar-refractivity contribution in [2.45, 2.75) is 19.4 Å². The van der Waals surface area contributed by atoms with Crippen molar-refractivity contribution in [1.82, 2.24) is 15.1 Å². The molecule has 0 aliphatic carbocycles. The molecule has 0 bridgehead atoms. The Morgan fingerprint density at radius 3 is 3.00 bits per heavy atom. The fourth-order valence-electron chi connectivity index (χ4n) is 1.82. The molecule has 1 heterocycles. The van der Waals surface area contributed by atoms with Crippen molar-refractivity contribution in [3.63, 3.8) is 0 Å². The van der Waals surface area contributed by atoms with Crippen LogP contribution < -0.4 is 5.32 Å². The Labute approximate surface area is 90.1 Å². The van der Waals surface area contributed by atoms with E-state index in [9.17, 15) is 0 Å². The van der Waals surface area contributed by atoms with Crippen molar-refractivity contribution in [3.8, 4) is 0 Å². The number of nitrogens with zero attached hydrogens (tertiary/aromatic N) is 2. The topological polar surface area (TPSA) is 29.9 Å². The Bertz CT molecular complexity index is 459. The zero-order chi connectivity index (χ0) is 10.8. The third-order valence-electron chi connectivity index (χ3n) is 2.75. The van der Waals surface area contributed by atoms with E-state index >= 15 is 0 Å². The van der Waals surface area contributed by atoms with E-state index in [1.807, 2.05) is 18.8 Å². The third kappa shape index (κ3) is 2.02. The molecule has 0 radical (unpaired) electrons. The Morgan fingerprint density at radius 1 is 1.47 bits per heavy atom. The van der Waals surface area contributed by atoms with Crippen LogP contribution in [0.5, 0.6) is 0 Å². The monoisotopic (exact) mass is 203 g/mol. The molecular weight excluding hydrogens is 186 g/mol. The van der Waals surface area contributed by atoms with Gasteiger partial charge in [0.25, 0.3) is 0 Å². The number of rotatable bonds is 3. The lowest BCUT2D eigenvalue weighted by atomic mass is 10.0. The zero-order valence-electron chi connectivity index (χ0n) is 9.49. The standard InChI is InChI=1S/C12H17N3/c1-9(13-2)7-10-5-4-6-11-8-15(3)14-12(10)11/h4-6,8-9,13H,7H2,1-3H3. The number of aromatic nitrogens is 2. The second-order valence-electron chi connectivity index (χ2n) is 4.05. The van der Waals surface area contributed by atoms with E-state index in [0.29, 0.717) is 6.04 Å². The van der Waals surface area contributed by atoms with Crippen LogP contribution in [0.2, 0.25) is 0 Å². The number of benzene rings is 1. The van der Waals surface area contributed by atoms with E-state index in [1.165, 1.54) is 10.9 Å². The maximum absolute atomic E-state index is 4.49. The Morgan fingerprint density at radius 2 is 2.27 bits per heavy atom. The van der Waals surface area contributed by atoms with Crippen molar-refractivity contribution in [3.05, 3.63) is 30.0 Å². The highest BCUT2D eigenvalue weighted by molar-refractivity contribution is 5.81. The van der Waals surface area contributed by atoms with Crippen LogP contribution in [-0.4, -0.2) is 22.9 Å². The van der Waals surface area contributed by atoms with Crippen LogP contribution in [-0.2, 0) is 13.5 Å². The summed E-state index contributed by atoms with van der Waals surface area (Å²) in [5.74, 6) is 0. The lowest BCUT2D eigenvalue weighted by Gasteiger charge is -2.09. The lowest BCUT2D eigenvalue weighted by molar-refractivity contribution is 0.609. The quantitative estimate of drug-likeness (QED) is 0.823. The van der Waals surface area contributed by atoms with Crippen LogP contribution in [0.3, 0.4) is 0 Å². The molecule has 3 nitrogen and oxygen atoms in total. The van der Waals surface area contributed by atoms with Crippen LogP contribution >= 0.6 is 0 Å². The van der Waals surface area contributed by atoms with Crippen molar-refractivity contribution >= 4 is 10.9 Å². The molecule has 15 heavy (non-hydrogen) atoms. The fraction of sp³-hybridized carbons (Fsp3) is 0.417. The van der Waals surface area contributed by atoms with Gasteiger partial charge < -0.3 is 5.32 Å². The van der Waals surface area contributed by atoms with E-state index in [0.717, 1.165) is 11.9 Å². The lowest BCUT2D eigenvalue weighted by Crippen LogP contribution is -2.23. The minimum Gasteiger partial charge on any atom is -0.317 e. The molecule has 0 aliphatic heterocycles. The third-order valence-corrected chi connectivity index (χ3v) is 2.75. The van der Waals surface area contributed by atoms with E-state index in [1.54, 1.807) is 0 Å².